The number of ether oxygens (including phenoxy) is 1. The van der Waals surface area contributed by atoms with E-state index in [1.54, 1.807) is 31.2 Å². The zero-order valence-electron chi connectivity index (χ0n) is 16.5. The van der Waals surface area contributed by atoms with E-state index in [2.05, 4.69) is 15.6 Å². The lowest BCUT2D eigenvalue weighted by Gasteiger charge is -2.17. The highest BCUT2D eigenvalue weighted by molar-refractivity contribution is 14.0. The summed E-state index contributed by atoms with van der Waals surface area (Å²) in [7, 11) is 1.52. The summed E-state index contributed by atoms with van der Waals surface area (Å²) in [6.07, 6.45) is -5.56. The fourth-order valence-corrected chi connectivity index (χ4v) is 2.62. The van der Waals surface area contributed by atoms with Gasteiger partial charge in [0.1, 0.15) is 11.6 Å². The molecule has 1 atom stereocenters. The summed E-state index contributed by atoms with van der Waals surface area (Å²) >= 11 is 0. The number of guanidine groups is 1. The third kappa shape index (κ3) is 7.63. The van der Waals surface area contributed by atoms with Crippen molar-refractivity contribution in [3.8, 4) is 5.75 Å². The minimum absolute atomic E-state index is 0. The van der Waals surface area contributed by atoms with Crippen LogP contribution in [0.2, 0.25) is 0 Å². The first-order valence-electron chi connectivity index (χ1n) is 8.94. The number of alkyl halides is 3. The number of hydrogen-bond donors (Lipinski definition) is 3. The molecule has 0 bridgehead atoms. The van der Waals surface area contributed by atoms with Crippen LogP contribution < -0.4 is 15.4 Å². The van der Waals surface area contributed by atoms with Crippen LogP contribution in [0, 0.1) is 5.82 Å². The Hall–Kier alpha value is -2.08. The topological polar surface area (TPSA) is 65.9 Å². The molecule has 0 saturated carbocycles. The van der Waals surface area contributed by atoms with Gasteiger partial charge in [0.15, 0.2) is 5.96 Å². The highest BCUT2D eigenvalue weighted by atomic mass is 127. The maximum Gasteiger partial charge on any atom is 0.416 e. The molecule has 0 aliphatic rings. The number of nitrogens with zero attached hydrogens (tertiary/aromatic N) is 1. The summed E-state index contributed by atoms with van der Waals surface area (Å²) in [5.41, 5.74) is -0.594. The number of aliphatic hydroxyl groups is 1. The van der Waals surface area contributed by atoms with Crippen LogP contribution in [0.1, 0.15) is 29.7 Å². The maximum absolute atomic E-state index is 13.2. The van der Waals surface area contributed by atoms with Crippen molar-refractivity contribution in [2.75, 3.05) is 20.2 Å². The van der Waals surface area contributed by atoms with Crippen molar-refractivity contribution in [3.05, 3.63) is 65.0 Å². The van der Waals surface area contributed by atoms with Gasteiger partial charge in [-0.25, -0.2) is 9.38 Å². The Labute approximate surface area is 189 Å². The third-order valence-corrected chi connectivity index (χ3v) is 4.07. The van der Waals surface area contributed by atoms with E-state index in [0.717, 1.165) is 12.1 Å². The number of nitrogens with one attached hydrogen (secondary N) is 2. The van der Waals surface area contributed by atoms with Crippen molar-refractivity contribution in [1.29, 1.82) is 0 Å². The van der Waals surface area contributed by atoms with Gasteiger partial charge in [0.05, 0.1) is 25.3 Å². The summed E-state index contributed by atoms with van der Waals surface area (Å²) in [5, 5.41) is 16.1. The quantitative estimate of drug-likeness (QED) is 0.212. The Morgan fingerprint density at radius 1 is 1.17 bits per heavy atom. The van der Waals surface area contributed by atoms with E-state index < -0.39 is 23.7 Å². The van der Waals surface area contributed by atoms with Gasteiger partial charge in [0.2, 0.25) is 0 Å². The first-order chi connectivity index (χ1) is 13.7. The zero-order chi connectivity index (χ0) is 21.4. The summed E-state index contributed by atoms with van der Waals surface area (Å²) in [4.78, 5) is 4.12. The van der Waals surface area contributed by atoms with E-state index in [4.69, 9.17) is 4.74 Å². The van der Waals surface area contributed by atoms with Gasteiger partial charge < -0.3 is 20.5 Å². The second kappa shape index (κ2) is 11.9. The third-order valence-electron chi connectivity index (χ3n) is 4.07. The van der Waals surface area contributed by atoms with Crippen molar-refractivity contribution in [1.82, 2.24) is 10.6 Å². The lowest BCUT2D eigenvalue weighted by molar-refractivity contribution is -0.138. The van der Waals surface area contributed by atoms with E-state index in [1.165, 1.54) is 7.11 Å². The van der Waals surface area contributed by atoms with Crippen LogP contribution in [0.4, 0.5) is 17.6 Å². The van der Waals surface area contributed by atoms with E-state index in [-0.39, 0.29) is 48.6 Å². The Kier molecular flexibility index (Phi) is 10.3. The molecule has 0 aromatic heterocycles. The maximum atomic E-state index is 13.2. The summed E-state index contributed by atoms with van der Waals surface area (Å²) < 4.78 is 57.7. The molecular weight excluding hydrogens is 517 g/mol. The summed E-state index contributed by atoms with van der Waals surface area (Å²) in [6, 6.07) is 9.39. The van der Waals surface area contributed by atoms with Gasteiger partial charge in [-0.15, -0.1) is 24.0 Å². The smallest absolute Gasteiger partial charge is 0.416 e. The first kappa shape index (κ1) is 26.0. The minimum Gasteiger partial charge on any atom is -0.497 e. The molecule has 10 heteroatoms. The van der Waals surface area contributed by atoms with Crippen LogP contribution in [-0.2, 0) is 12.7 Å². The molecule has 0 spiro atoms. The number of benzene rings is 2. The lowest BCUT2D eigenvalue weighted by Crippen LogP contribution is -2.39. The van der Waals surface area contributed by atoms with Crippen LogP contribution in [0.3, 0.4) is 0 Å². The van der Waals surface area contributed by atoms with Crippen molar-refractivity contribution in [2.24, 2.45) is 4.99 Å². The molecule has 0 heterocycles. The molecule has 3 N–H and O–H groups in total. The molecule has 2 rings (SSSR count). The minimum atomic E-state index is -4.68. The van der Waals surface area contributed by atoms with E-state index in [9.17, 15) is 22.7 Å². The molecule has 2 aromatic rings. The fourth-order valence-electron chi connectivity index (χ4n) is 2.62. The van der Waals surface area contributed by atoms with Crippen molar-refractivity contribution in [2.45, 2.75) is 25.7 Å². The fraction of sp³-hybridized carbons (Fsp3) is 0.350. The normalized spacial score (nSPS) is 12.7. The standard InChI is InChI=1S/C20H23F4N3O2.HI/c1-3-25-19(27-12-18(28)13-5-4-6-16(9-13)29-2)26-11-14-7-8-15(21)10-17(14)20(22,23)24;/h4-10,18,28H,3,11-12H2,1-2H3,(H2,25,26,27);1H. The van der Waals surface area contributed by atoms with Crippen molar-refractivity contribution in [3.63, 3.8) is 0 Å². The van der Waals surface area contributed by atoms with Crippen LogP contribution in [0.15, 0.2) is 47.5 Å². The number of aliphatic hydroxyl groups excluding tert-OH is 1. The molecule has 166 valence electrons. The predicted molar refractivity (Wildman–Crippen MR) is 118 cm³/mol. The zero-order valence-corrected chi connectivity index (χ0v) is 18.8. The number of aliphatic imine (C=N–C) groups is 1. The first-order valence-corrected chi connectivity index (χ1v) is 8.94. The Morgan fingerprint density at radius 3 is 2.53 bits per heavy atom. The monoisotopic (exact) mass is 541 g/mol. The molecule has 2 aromatic carbocycles. The van der Waals surface area contributed by atoms with Gasteiger partial charge in [-0.2, -0.15) is 13.2 Å². The average Bonchev–Trinajstić information content (AvgIpc) is 2.69. The van der Waals surface area contributed by atoms with E-state index in [1.807, 2.05) is 0 Å². The van der Waals surface area contributed by atoms with Crippen LogP contribution in [0.5, 0.6) is 5.75 Å². The average molecular weight is 541 g/mol. The Bertz CT molecular complexity index is 847. The van der Waals surface area contributed by atoms with Gasteiger partial charge in [-0.3, -0.25) is 0 Å². The molecule has 0 fully saturated rings. The highest BCUT2D eigenvalue weighted by Gasteiger charge is 2.33. The molecule has 1 unspecified atom stereocenters. The number of halogens is 5. The van der Waals surface area contributed by atoms with Gasteiger partial charge in [0.25, 0.3) is 0 Å². The predicted octanol–water partition coefficient (Wildman–Crippen LogP) is 4.26. The molecule has 0 saturated heterocycles. The molecule has 0 aliphatic heterocycles. The molecule has 0 aliphatic carbocycles. The molecule has 30 heavy (non-hydrogen) atoms. The van der Waals surface area contributed by atoms with Crippen molar-refractivity contribution < 1.29 is 27.4 Å². The molecule has 5 nitrogen and oxygen atoms in total. The van der Waals surface area contributed by atoms with Crippen LogP contribution in [0.25, 0.3) is 0 Å². The van der Waals surface area contributed by atoms with Crippen molar-refractivity contribution >= 4 is 29.9 Å². The number of methoxy groups -OCH3 is 1. The molecule has 0 amide bonds. The molecular formula is C20H24F4IN3O2. The van der Waals surface area contributed by atoms with E-state index >= 15 is 0 Å². The SMILES string of the molecule is CCNC(=NCc1ccc(F)cc1C(F)(F)F)NCC(O)c1cccc(OC)c1.I. The summed E-state index contributed by atoms with van der Waals surface area (Å²) in [6.45, 7) is 2.04. The Balaban J connectivity index is 0.00000450. The Morgan fingerprint density at radius 2 is 1.90 bits per heavy atom. The highest BCUT2D eigenvalue weighted by Crippen LogP contribution is 2.32. The largest absolute Gasteiger partial charge is 0.497 e. The van der Waals surface area contributed by atoms with Gasteiger partial charge in [0, 0.05) is 13.1 Å². The van der Waals surface area contributed by atoms with Gasteiger partial charge in [-0.05, 0) is 42.3 Å². The molecule has 0 radical (unpaired) electrons. The van der Waals surface area contributed by atoms with Gasteiger partial charge in [-0.1, -0.05) is 18.2 Å². The second-order valence-corrected chi connectivity index (χ2v) is 6.17. The second-order valence-electron chi connectivity index (χ2n) is 6.17. The van der Waals surface area contributed by atoms with Gasteiger partial charge >= 0.3 is 6.18 Å². The lowest BCUT2D eigenvalue weighted by atomic mass is 10.1. The van der Waals surface area contributed by atoms with E-state index in [0.29, 0.717) is 23.9 Å². The van der Waals surface area contributed by atoms with Crippen LogP contribution in [-0.4, -0.2) is 31.3 Å². The summed E-state index contributed by atoms with van der Waals surface area (Å²) in [5.74, 6) is -0.137. The number of hydrogen-bond acceptors (Lipinski definition) is 3. The number of rotatable bonds is 7. The van der Waals surface area contributed by atoms with Crippen LogP contribution >= 0.6 is 24.0 Å².